The van der Waals surface area contributed by atoms with Crippen molar-refractivity contribution < 1.29 is 18.5 Å². The first-order valence-electron chi connectivity index (χ1n) is 10.7. The molecule has 0 bridgehead atoms. The van der Waals surface area contributed by atoms with Crippen LogP contribution in [0.5, 0.6) is 0 Å². The standard InChI is InChI=1S/C23H24N4O4/c28-21(24-14-19-2-1-13-30-19)16-9-11-27(12-10-16)23(29)18-7-3-15(4-8-18)20-25-22(31-26-20)17-5-6-17/h1-4,7-8,13,16-17H,5-6,9-12,14H2,(H,24,28). The minimum absolute atomic E-state index is 0.0125. The molecule has 0 radical (unpaired) electrons. The Kier molecular flexibility index (Phi) is 5.28. The van der Waals surface area contributed by atoms with Crippen LogP contribution in [0.4, 0.5) is 0 Å². The summed E-state index contributed by atoms with van der Waals surface area (Å²) in [6.45, 7) is 1.52. The Bertz CT molecular complexity index is 1050. The Morgan fingerprint density at radius 2 is 1.84 bits per heavy atom. The van der Waals surface area contributed by atoms with E-state index in [0.717, 1.165) is 24.2 Å². The van der Waals surface area contributed by atoms with Gasteiger partial charge in [0.15, 0.2) is 0 Å². The summed E-state index contributed by atoms with van der Waals surface area (Å²) in [7, 11) is 0. The lowest BCUT2D eigenvalue weighted by Gasteiger charge is -2.31. The molecule has 1 aliphatic carbocycles. The van der Waals surface area contributed by atoms with Crippen LogP contribution in [0.1, 0.15) is 53.6 Å². The minimum Gasteiger partial charge on any atom is -0.467 e. The lowest BCUT2D eigenvalue weighted by Crippen LogP contribution is -2.42. The number of nitrogens with zero attached hydrogens (tertiary/aromatic N) is 3. The highest BCUT2D eigenvalue weighted by atomic mass is 16.5. The molecule has 0 spiro atoms. The van der Waals surface area contributed by atoms with E-state index in [1.165, 1.54) is 0 Å². The van der Waals surface area contributed by atoms with Gasteiger partial charge in [-0.15, -0.1) is 0 Å². The van der Waals surface area contributed by atoms with E-state index < -0.39 is 0 Å². The highest BCUT2D eigenvalue weighted by Crippen LogP contribution is 2.39. The molecule has 2 aromatic heterocycles. The molecule has 31 heavy (non-hydrogen) atoms. The number of furan rings is 1. The summed E-state index contributed by atoms with van der Waals surface area (Å²) < 4.78 is 10.5. The van der Waals surface area contributed by atoms with Gasteiger partial charge in [0.05, 0.1) is 12.8 Å². The number of amides is 2. The van der Waals surface area contributed by atoms with Gasteiger partial charge in [-0.05, 0) is 49.9 Å². The minimum atomic E-state index is -0.0831. The molecule has 0 atom stereocenters. The van der Waals surface area contributed by atoms with Crippen LogP contribution in [0.25, 0.3) is 11.4 Å². The van der Waals surface area contributed by atoms with Gasteiger partial charge < -0.3 is 19.2 Å². The van der Waals surface area contributed by atoms with Crippen LogP contribution in [0.2, 0.25) is 0 Å². The zero-order valence-corrected chi connectivity index (χ0v) is 17.1. The van der Waals surface area contributed by atoms with Crippen molar-refractivity contribution in [3.63, 3.8) is 0 Å². The van der Waals surface area contributed by atoms with Crippen molar-refractivity contribution in [3.8, 4) is 11.4 Å². The maximum absolute atomic E-state index is 12.9. The van der Waals surface area contributed by atoms with Gasteiger partial charge >= 0.3 is 0 Å². The third kappa shape index (κ3) is 4.38. The highest BCUT2D eigenvalue weighted by Gasteiger charge is 2.30. The fourth-order valence-corrected chi connectivity index (χ4v) is 3.87. The lowest BCUT2D eigenvalue weighted by atomic mass is 9.95. The largest absolute Gasteiger partial charge is 0.467 e. The van der Waals surface area contributed by atoms with Crippen LogP contribution in [-0.4, -0.2) is 39.9 Å². The van der Waals surface area contributed by atoms with E-state index in [4.69, 9.17) is 8.94 Å². The monoisotopic (exact) mass is 420 g/mol. The number of aromatic nitrogens is 2. The molecule has 8 nitrogen and oxygen atoms in total. The van der Waals surface area contributed by atoms with Gasteiger partial charge in [-0.3, -0.25) is 9.59 Å². The normalized spacial score (nSPS) is 17.0. The second kappa shape index (κ2) is 8.37. The average molecular weight is 420 g/mol. The van der Waals surface area contributed by atoms with E-state index >= 15 is 0 Å². The topological polar surface area (TPSA) is 101 Å². The summed E-state index contributed by atoms with van der Waals surface area (Å²) in [6, 6.07) is 10.9. The summed E-state index contributed by atoms with van der Waals surface area (Å²) in [5.74, 6) is 2.31. The van der Waals surface area contributed by atoms with E-state index in [0.29, 0.717) is 55.7 Å². The lowest BCUT2D eigenvalue weighted by molar-refractivity contribution is -0.126. The molecule has 1 aromatic carbocycles. The zero-order valence-electron chi connectivity index (χ0n) is 17.1. The molecule has 0 unspecified atom stereocenters. The predicted octanol–water partition coefficient (Wildman–Crippen LogP) is 3.38. The fourth-order valence-electron chi connectivity index (χ4n) is 3.87. The quantitative estimate of drug-likeness (QED) is 0.656. The number of rotatable bonds is 6. The van der Waals surface area contributed by atoms with Gasteiger partial charge in [0, 0.05) is 36.1 Å². The number of carbonyl (C=O) groups is 2. The van der Waals surface area contributed by atoms with Crippen LogP contribution in [0.3, 0.4) is 0 Å². The third-order valence-corrected chi connectivity index (χ3v) is 5.93. The molecule has 1 aliphatic heterocycles. The average Bonchev–Trinajstić information content (AvgIpc) is 3.32. The second-order valence-corrected chi connectivity index (χ2v) is 8.17. The van der Waals surface area contributed by atoms with Gasteiger partial charge in [-0.25, -0.2) is 0 Å². The first-order chi connectivity index (χ1) is 15.2. The van der Waals surface area contributed by atoms with Crippen molar-refractivity contribution >= 4 is 11.8 Å². The molecule has 2 amide bonds. The van der Waals surface area contributed by atoms with E-state index in [9.17, 15) is 9.59 Å². The van der Waals surface area contributed by atoms with Crippen molar-refractivity contribution in [3.05, 3.63) is 59.9 Å². The number of nitrogens with one attached hydrogen (secondary N) is 1. The third-order valence-electron chi connectivity index (χ3n) is 5.93. The van der Waals surface area contributed by atoms with E-state index in [2.05, 4.69) is 15.5 Å². The van der Waals surface area contributed by atoms with Crippen molar-refractivity contribution in [1.29, 1.82) is 0 Å². The van der Waals surface area contributed by atoms with Crippen molar-refractivity contribution in [2.75, 3.05) is 13.1 Å². The molecular formula is C23H24N4O4. The summed E-state index contributed by atoms with van der Waals surface area (Å²) in [5.41, 5.74) is 1.45. The van der Waals surface area contributed by atoms with Crippen molar-refractivity contribution in [2.45, 2.75) is 38.1 Å². The van der Waals surface area contributed by atoms with Crippen LogP contribution in [0.15, 0.2) is 51.6 Å². The molecule has 2 aliphatic rings. The predicted molar refractivity (Wildman–Crippen MR) is 111 cm³/mol. The number of hydrogen-bond donors (Lipinski definition) is 1. The Hall–Kier alpha value is -3.42. The van der Waals surface area contributed by atoms with Gasteiger partial charge in [0.1, 0.15) is 5.76 Å². The Labute approximate surface area is 179 Å². The number of benzene rings is 1. The molecular weight excluding hydrogens is 396 g/mol. The SMILES string of the molecule is O=C(NCc1ccco1)C1CCN(C(=O)c2ccc(-c3noc(C4CC4)n3)cc2)CC1. The van der Waals surface area contributed by atoms with Crippen molar-refractivity contribution in [1.82, 2.24) is 20.4 Å². The summed E-state index contributed by atoms with van der Waals surface area (Å²) >= 11 is 0. The smallest absolute Gasteiger partial charge is 0.253 e. The van der Waals surface area contributed by atoms with Gasteiger partial charge in [-0.1, -0.05) is 17.3 Å². The fraction of sp³-hybridized carbons (Fsp3) is 0.391. The summed E-state index contributed by atoms with van der Waals surface area (Å²) in [4.78, 5) is 31.5. The first kappa shape index (κ1) is 19.5. The Morgan fingerprint density at radius 1 is 1.06 bits per heavy atom. The molecule has 160 valence electrons. The maximum atomic E-state index is 12.9. The number of hydrogen-bond acceptors (Lipinski definition) is 6. The number of carbonyl (C=O) groups excluding carboxylic acids is 2. The number of piperidine rings is 1. The first-order valence-corrected chi connectivity index (χ1v) is 10.7. The van der Waals surface area contributed by atoms with E-state index in [-0.39, 0.29) is 17.7 Å². The zero-order chi connectivity index (χ0) is 21.2. The van der Waals surface area contributed by atoms with Gasteiger partial charge in [0.2, 0.25) is 17.6 Å². The Morgan fingerprint density at radius 3 is 2.52 bits per heavy atom. The molecule has 2 fully saturated rings. The number of likely N-dealkylation sites (tertiary alicyclic amines) is 1. The van der Waals surface area contributed by atoms with E-state index in [1.54, 1.807) is 24.5 Å². The second-order valence-electron chi connectivity index (χ2n) is 8.17. The van der Waals surface area contributed by atoms with Crippen LogP contribution < -0.4 is 5.32 Å². The molecule has 1 saturated heterocycles. The molecule has 8 heteroatoms. The van der Waals surface area contributed by atoms with Crippen molar-refractivity contribution in [2.24, 2.45) is 5.92 Å². The van der Waals surface area contributed by atoms with Crippen LogP contribution >= 0.6 is 0 Å². The summed E-state index contributed by atoms with van der Waals surface area (Å²) in [6.07, 6.45) is 5.11. The summed E-state index contributed by atoms with van der Waals surface area (Å²) in [5, 5.41) is 6.95. The van der Waals surface area contributed by atoms with Crippen LogP contribution in [0, 0.1) is 5.92 Å². The highest BCUT2D eigenvalue weighted by molar-refractivity contribution is 5.94. The maximum Gasteiger partial charge on any atom is 0.253 e. The molecule has 1 N–H and O–H groups in total. The van der Waals surface area contributed by atoms with Crippen LogP contribution in [-0.2, 0) is 11.3 Å². The molecule has 5 rings (SSSR count). The molecule has 3 aromatic rings. The Balaban J connectivity index is 1.14. The van der Waals surface area contributed by atoms with Gasteiger partial charge in [-0.2, -0.15) is 4.98 Å². The van der Waals surface area contributed by atoms with E-state index in [1.807, 2.05) is 23.1 Å². The molecule has 1 saturated carbocycles. The molecule has 3 heterocycles. The van der Waals surface area contributed by atoms with Gasteiger partial charge in [0.25, 0.3) is 5.91 Å².